The molecule has 2 nitrogen and oxygen atoms in total. The summed E-state index contributed by atoms with van der Waals surface area (Å²) in [5.74, 6) is 0. The van der Waals surface area contributed by atoms with Crippen molar-refractivity contribution in [3.8, 4) is 11.1 Å². The Labute approximate surface area is 143 Å². The lowest BCUT2D eigenvalue weighted by Gasteiger charge is -2.01. The molecule has 0 unspecified atom stereocenters. The smallest absolute Gasteiger partial charge is 0.0931 e. The first-order valence-electron chi connectivity index (χ1n) is 7.57. The van der Waals surface area contributed by atoms with Gasteiger partial charge in [-0.3, -0.25) is 0 Å². The van der Waals surface area contributed by atoms with Gasteiger partial charge in [0.2, 0.25) is 0 Å². The van der Waals surface area contributed by atoms with Gasteiger partial charge in [0, 0.05) is 4.47 Å². The minimum absolute atomic E-state index is 1.03. The van der Waals surface area contributed by atoms with Gasteiger partial charge in [0.05, 0.1) is 17.4 Å². The van der Waals surface area contributed by atoms with Crippen molar-refractivity contribution >= 4 is 27.0 Å². The number of para-hydroxylation sites is 2. The van der Waals surface area contributed by atoms with Gasteiger partial charge in [-0.05, 0) is 46.9 Å². The SMILES string of the molecule is Brc1cccc2c1Cc1ccccc1-2.c1ccc2[nH]cnc2c1. The zero-order valence-corrected chi connectivity index (χ0v) is 14.0. The van der Waals surface area contributed by atoms with E-state index < -0.39 is 0 Å². The van der Waals surface area contributed by atoms with Crippen molar-refractivity contribution in [2.45, 2.75) is 6.42 Å². The summed E-state index contributed by atoms with van der Waals surface area (Å²) in [6, 6.07) is 23.0. The molecule has 0 bridgehead atoms. The fourth-order valence-corrected chi connectivity index (χ4v) is 3.50. The van der Waals surface area contributed by atoms with Crippen LogP contribution in [-0.2, 0) is 6.42 Å². The minimum atomic E-state index is 1.03. The van der Waals surface area contributed by atoms with E-state index in [1.54, 1.807) is 6.33 Å². The van der Waals surface area contributed by atoms with Gasteiger partial charge < -0.3 is 4.98 Å². The summed E-state index contributed by atoms with van der Waals surface area (Å²) in [6.07, 6.45) is 2.76. The van der Waals surface area contributed by atoms with Gasteiger partial charge in [0.25, 0.3) is 0 Å². The lowest BCUT2D eigenvalue weighted by Crippen LogP contribution is -1.80. The molecule has 0 saturated heterocycles. The number of hydrogen-bond donors (Lipinski definition) is 1. The highest BCUT2D eigenvalue weighted by Gasteiger charge is 2.18. The highest BCUT2D eigenvalue weighted by atomic mass is 79.9. The van der Waals surface area contributed by atoms with Crippen LogP contribution in [0.5, 0.6) is 0 Å². The molecule has 1 aromatic heterocycles. The predicted octanol–water partition coefficient (Wildman–Crippen LogP) is 5.58. The van der Waals surface area contributed by atoms with E-state index in [0.29, 0.717) is 0 Å². The average Bonchev–Trinajstić information content (AvgIpc) is 3.20. The van der Waals surface area contributed by atoms with E-state index >= 15 is 0 Å². The lowest BCUT2D eigenvalue weighted by molar-refractivity contribution is 1.25. The fraction of sp³-hybridized carbons (Fsp3) is 0.0500. The second kappa shape index (κ2) is 6.01. The number of nitrogens with one attached hydrogen (secondary N) is 1. The zero-order valence-electron chi connectivity index (χ0n) is 12.5. The third-order valence-corrected chi connectivity index (χ3v) is 4.86. The Kier molecular flexibility index (Phi) is 3.72. The van der Waals surface area contributed by atoms with Gasteiger partial charge in [-0.2, -0.15) is 0 Å². The highest BCUT2D eigenvalue weighted by molar-refractivity contribution is 9.10. The molecule has 0 amide bonds. The van der Waals surface area contributed by atoms with Crippen LogP contribution in [0, 0.1) is 0 Å². The van der Waals surface area contributed by atoms with E-state index in [1.807, 2.05) is 24.3 Å². The number of fused-ring (bicyclic) bond motifs is 4. The normalized spacial score (nSPS) is 11.5. The number of hydrogen-bond acceptors (Lipinski definition) is 1. The largest absolute Gasteiger partial charge is 0.345 e. The molecule has 4 aromatic rings. The van der Waals surface area contributed by atoms with Crippen molar-refractivity contribution in [3.05, 3.63) is 88.7 Å². The summed E-state index contributed by atoms with van der Waals surface area (Å²) in [5, 5.41) is 0. The number of rotatable bonds is 0. The number of imidazole rings is 1. The molecule has 23 heavy (non-hydrogen) atoms. The summed E-state index contributed by atoms with van der Waals surface area (Å²) in [4.78, 5) is 7.07. The van der Waals surface area contributed by atoms with Crippen molar-refractivity contribution in [2.24, 2.45) is 0 Å². The molecule has 3 aromatic carbocycles. The molecule has 0 atom stereocenters. The number of halogens is 1. The van der Waals surface area contributed by atoms with Gasteiger partial charge in [-0.15, -0.1) is 0 Å². The zero-order chi connectivity index (χ0) is 15.6. The van der Waals surface area contributed by atoms with E-state index in [0.717, 1.165) is 17.5 Å². The lowest BCUT2D eigenvalue weighted by atomic mass is 10.1. The van der Waals surface area contributed by atoms with E-state index in [4.69, 9.17) is 0 Å². The number of aromatic nitrogens is 2. The molecule has 0 spiro atoms. The first-order valence-corrected chi connectivity index (χ1v) is 8.36. The Balaban J connectivity index is 0.000000130. The number of nitrogens with zero attached hydrogens (tertiary/aromatic N) is 1. The average molecular weight is 363 g/mol. The van der Waals surface area contributed by atoms with Crippen LogP contribution in [0.3, 0.4) is 0 Å². The molecule has 3 heteroatoms. The van der Waals surface area contributed by atoms with E-state index in [-0.39, 0.29) is 0 Å². The summed E-state index contributed by atoms with van der Waals surface area (Å²) in [7, 11) is 0. The van der Waals surface area contributed by atoms with E-state index in [9.17, 15) is 0 Å². The Morgan fingerprint density at radius 3 is 2.52 bits per heavy atom. The Morgan fingerprint density at radius 2 is 1.61 bits per heavy atom. The van der Waals surface area contributed by atoms with Crippen LogP contribution in [0.15, 0.2) is 77.5 Å². The van der Waals surface area contributed by atoms with Crippen LogP contribution >= 0.6 is 15.9 Å². The molecule has 0 aliphatic heterocycles. The number of aromatic amines is 1. The van der Waals surface area contributed by atoms with Gasteiger partial charge >= 0.3 is 0 Å². The molecule has 1 aliphatic carbocycles. The van der Waals surface area contributed by atoms with Crippen molar-refractivity contribution in [1.82, 2.24) is 9.97 Å². The first kappa shape index (κ1) is 14.2. The van der Waals surface area contributed by atoms with Crippen LogP contribution in [0.4, 0.5) is 0 Å². The molecule has 1 heterocycles. The van der Waals surface area contributed by atoms with Crippen molar-refractivity contribution in [3.63, 3.8) is 0 Å². The van der Waals surface area contributed by atoms with Crippen LogP contribution in [0.1, 0.15) is 11.1 Å². The standard InChI is InChI=1S/C13H9Br.C7H6N2/c14-13-7-3-6-11-10-5-2-1-4-9(10)8-12(11)13;1-2-4-7-6(3-1)8-5-9-7/h1-7H,8H2;1-5H,(H,8,9). The topological polar surface area (TPSA) is 28.7 Å². The summed E-state index contributed by atoms with van der Waals surface area (Å²) >= 11 is 3.61. The van der Waals surface area contributed by atoms with Gasteiger partial charge in [0.15, 0.2) is 0 Å². The minimum Gasteiger partial charge on any atom is -0.345 e. The molecule has 0 saturated carbocycles. The summed E-state index contributed by atoms with van der Waals surface area (Å²) in [6.45, 7) is 0. The molecule has 0 fully saturated rings. The highest BCUT2D eigenvalue weighted by Crippen LogP contribution is 2.39. The van der Waals surface area contributed by atoms with Crippen LogP contribution in [0.25, 0.3) is 22.2 Å². The van der Waals surface area contributed by atoms with E-state index in [2.05, 4.69) is 68.4 Å². The van der Waals surface area contributed by atoms with Crippen molar-refractivity contribution < 1.29 is 0 Å². The first-order chi connectivity index (χ1) is 11.3. The predicted molar refractivity (Wildman–Crippen MR) is 98.5 cm³/mol. The Morgan fingerprint density at radius 1 is 0.826 bits per heavy atom. The molecule has 112 valence electrons. The molecular formula is C20H15BrN2. The van der Waals surface area contributed by atoms with Crippen LogP contribution < -0.4 is 0 Å². The van der Waals surface area contributed by atoms with Gasteiger partial charge in [-0.25, -0.2) is 4.98 Å². The number of H-pyrrole nitrogens is 1. The van der Waals surface area contributed by atoms with Crippen molar-refractivity contribution in [2.75, 3.05) is 0 Å². The Hall–Kier alpha value is -2.39. The van der Waals surface area contributed by atoms with E-state index in [1.165, 1.54) is 26.7 Å². The van der Waals surface area contributed by atoms with Crippen LogP contribution in [-0.4, -0.2) is 9.97 Å². The Bertz CT molecular complexity index is 942. The van der Waals surface area contributed by atoms with Gasteiger partial charge in [-0.1, -0.05) is 64.5 Å². The fourth-order valence-electron chi connectivity index (χ4n) is 3.00. The molecule has 5 rings (SSSR count). The van der Waals surface area contributed by atoms with Crippen LogP contribution in [0.2, 0.25) is 0 Å². The second-order valence-electron chi connectivity index (χ2n) is 5.52. The monoisotopic (exact) mass is 362 g/mol. The molecule has 1 aliphatic rings. The maximum atomic E-state index is 4.06. The third kappa shape index (κ3) is 2.68. The molecule has 1 N–H and O–H groups in total. The summed E-state index contributed by atoms with van der Waals surface area (Å²) < 4.78 is 1.23. The van der Waals surface area contributed by atoms with Crippen molar-refractivity contribution in [1.29, 1.82) is 0 Å². The van der Waals surface area contributed by atoms with Gasteiger partial charge in [0.1, 0.15) is 0 Å². The maximum absolute atomic E-state index is 4.06. The molecule has 0 radical (unpaired) electrons. The summed E-state index contributed by atoms with van der Waals surface area (Å²) in [5.41, 5.74) is 7.76. The second-order valence-corrected chi connectivity index (χ2v) is 6.37. The maximum Gasteiger partial charge on any atom is 0.0931 e. The number of benzene rings is 3. The molecular weight excluding hydrogens is 348 g/mol. The quantitative estimate of drug-likeness (QED) is 0.382. The third-order valence-electron chi connectivity index (χ3n) is 4.12.